The van der Waals surface area contributed by atoms with Crippen LogP contribution in [0.3, 0.4) is 0 Å². The first-order chi connectivity index (χ1) is 5.80. The molecule has 0 aromatic carbocycles. The fourth-order valence-corrected chi connectivity index (χ4v) is 0.938. The van der Waals surface area contributed by atoms with Crippen LogP contribution < -0.4 is 10.9 Å². The number of carbonyl (C=O) groups excluding carboxylic acids is 1. The number of primary sulfonamides is 1. The molecule has 1 aliphatic rings. The van der Waals surface area contributed by atoms with E-state index in [1.165, 1.54) is 0 Å². The van der Waals surface area contributed by atoms with Gasteiger partial charge in [0.2, 0.25) is 10.0 Å². The molecule has 2 amide bonds. The van der Waals surface area contributed by atoms with Gasteiger partial charge < -0.3 is 10.6 Å². The van der Waals surface area contributed by atoms with Crippen molar-refractivity contribution in [2.45, 2.75) is 12.8 Å². The first-order valence-electron chi connectivity index (χ1n) is 3.83. The second-order valence-corrected chi connectivity index (χ2v) is 4.52. The van der Waals surface area contributed by atoms with Gasteiger partial charge in [0.15, 0.2) is 0 Å². The van der Waals surface area contributed by atoms with E-state index in [-0.39, 0.29) is 6.03 Å². The molecule has 0 unspecified atom stereocenters. The van der Waals surface area contributed by atoms with Gasteiger partial charge in [0, 0.05) is 13.1 Å². The molecular formula is C6H15N3O3S. The minimum Gasteiger partial charge on any atom is -0.351 e. The van der Waals surface area contributed by atoms with Crippen molar-refractivity contribution in [3.05, 3.63) is 0 Å². The van der Waals surface area contributed by atoms with E-state index < -0.39 is 10.0 Å². The molecule has 0 bridgehead atoms. The van der Waals surface area contributed by atoms with Gasteiger partial charge in [0.05, 0.1) is 6.26 Å². The van der Waals surface area contributed by atoms with Crippen LogP contribution in [0.1, 0.15) is 12.8 Å². The monoisotopic (exact) mass is 209 g/mol. The van der Waals surface area contributed by atoms with Crippen LogP contribution in [0.15, 0.2) is 0 Å². The molecule has 0 saturated carbocycles. The van der Waals surface area contributed by atoms with Gasteiger partial charge in [-0.3, -0.25) is 0 Å². The van der Waals surface area contributed by atoms with Gasteiger partial charge in [0.25, 0.3) is 0 Å². The number of primary amides is 1. The zero-order chi connectivity index (χ0) is 10.5. The zero-order valence-electron chi connectivity index (χ0n) is 7.56. The highest BCUT2D eigenvalue weighted by molar-refractivity contribution is 7.88. The molecule has 0 aromatic heterocycles. The lowest BCUT2D eigenvalue weighted by atomic mass is 10.4. The largest absolute Gasteiger partial charge is 0.351 e. The Hall–Kier alpha value is -0.820. The Morgan fingerprint density at radius 2 is 1.62 bits per heavy atom. The Morgan fingerprint density at radius 1 is 1.31 bits per heavy atom. The summed E-state index contributed by atoms with van der Waals surface area (Å²) in [7, 11) is -3.17. The molecule has 0 atom stereocenters. The Bertz CT molecular complexity index is 248. The number of carbonyl (C=O) groups is 1. The summed E-state index contributed by atoms with van der Waals surface area (Å²) in [6.45, 7) is 1.71. The molecule has 1 aliphatic heterocycles. The van der Waals surface area contributed by atoms with Crippen LogP contribution in [0.5, 0.6) is 0 Å². The van der Waals surface area contributed by atoms with Crippen molar-refractivity contribution in [1.82, 2.24) is 4.90 Å². The Balaban J connectivity index is 0.000000252. The van der Waals surface area contributed by atoms with Crippen LogP contribution >= 0.6 is 0 Å². The number of hydrogen-bond donors (Lipinski definition) is 2. The molecule has 13 heavy (non-hydrogen) atoms. The van der Waals surface area contributed by atoms with Crippen molar-refractivity contribution >= 4 is 16.1 Å². The smallest absolute Gasteiger partial charge is 0.314 e. The van der Waals surface area contributed by atoms with Crippen molar-refractivity contribution in [3.8, 4) is 0 Å². The second-order valence-electron chi connectivity index (χ2n) is 2.86. The quantitative estimate of drug-likeness (QED) is 0.538. The van der Waals surface area contributed by atoms with Crippen molar-refractivity contribution in [2.24, 2.45) is 10.9 Å². The molecule has 4 N–H and O–H groups in total. The Labute approximate surface area is 77.9 Å². The Morgan fingerprint density at radius 3 is 1.77 bits per heavy atom. The fourth-order valence-electron chi connectivity index (χ4n) is 0.938. The van der Waals surface area contributed by atoms with Gasteiger partial charge in [-0.1, -0.05) is 0 Å². The van der Waals surface area contributed by atoms with Gasteiger partial charge in [-0.05, 0) is 12.8 Å². The van der Waals surface area contributed by atoms with Crippen molar-refractivity contribution < 1.29 is 13.2 Å². The van der Waals surface area contributed by atoms with Crippen LogP contribution in [-0.2, 0) is 10.0 Å². The first kappa shape index (κ1) is 12.2. The molecule has 0 aromatic rings. The second kappa shape index (κ2) is 5.03. The van der Waals surface area contributed by atoms with Crippen molar-refractivity contribution in [1.29, 1.82) is 0 Å². The molecule has 1 fully saturated rings. The van der Waals surface area contributed by atoms with Gasteiger partial charge >= 0.3 is 6.03 Å². The SMILES string of the molecule is CS(N)(=O)=O.NC(=O)N1CCCC1. The van der Waals surface area contributed by atoms with Crippen LogP contribution in [0.25, 0.3) is 0 Å². The standard InChI is InChI=1S/C5H10N2O.CH5NO2S/c6-5(8)7-3-1-2-4-7;1-5(2,3)4/h1-4H2,(H2,6,8);1H3,(H2,2,3,4). The maximum atomic E-state index is 10.3. The fraction of sp³-hybridized carbons (Fsp3) is 0.833. The van der Waals surface area contributed by atoms with Gasteiger partial charge in [-0.2, -0.15) is 0 Å². The average Bonchev–Trinajstić information content (AvgIpc) is 2.31. The van der Waals surface area contributed by atoms with Crippen LogP contribution in [0.4, 0.5) is 4.79 Å². The molecule has 1 rings (SSSR count). The molecule has 7 heteroatoms. The predicted octanol–water partition coefficient (Wildman–Crippen LogP) is -0.934. The highest BCUT2D eigenvalue weighted by atomic mass is 32.2. The minimum absolute atomic E-state index is 0.275. The molecule has 0 aliphatic carbocycles. The van der Waals surface area contributed by atoms with E-state index in [9.17, 15) is 13.2 Å². The van der Waals surface area contributed by atoms with E-state index in [0.717, 1.165) is 32.2 Å². The number of nitrogens with two attached hydrogens (primary N) is 2. The van der Waals surface area contributed by atoms with Gasteiger partial charge in [0.1, 0.15) is 0 Å². The van der Waals surface area contributed by atoms with Gasteiger partial charge in [-0.25, -0.2) is 18.4 Å². The maximum absolute atomic E-state index is 10.3. The molecule has 0 radical (unpaired) electrons. The molecule has 0 spiro atoms. The van der Waals surface area contributed by atoms with Crippen LogP contribution in [0.2, 0.25) is 0 Å². The van der Waals surface area contributed by atoms with E-state index in [4.69, 9.17) is 5.73 Å². The molecule has 1 heterocycles. The average molecular weight is 209 g/mol. The number of sulfonamides is 1. The Kier molecular flexibility index (Phi) is 4.71. The number of rotatable bonds is 0. The normalized spacial score (nSPS) is 16.3. The summed E-state index contributed by atoms with van der Waals surface area (Å²) in [6, 6.07) is -0.275. The third-order valence-corrected chi connectivity index (χ3v) is 1.42. The van der Waals surface area contributed by atoms with E-state index in [1.54, 1.807) is 4.90 Å². The minimum atomic E-state index is -3.17. The highest BCUT2D eigenvalue weighted by Crippen LogP contribution is 2.05. The summed E-state index contributed by atoms with van der Waals surface area (Å²) in [5, 5.41) is 4.33. The first-order valence-corrected chi connectivity index (χ1v) is 5.78. The van der Waals surface area contributed by atoms with E-state index in [0.29, 0.717) is 0 Å². The molecule has 1 saturated heterocycles. The molecular weight excluding hydrogens is 194 g/mol. The third-order valence-electron chi connectivity index (χ3n) is 1.42. The van der Waals surface area contributed by atoms with Gasteiger partial charge in [-0.15, -0.1) is 0 Å². The number of urea groups is 1. The van der Waals surface area contributed by atoms with Crippen molar-refractivity contribution in [3.63, 3.8) is 0 Å². The summed E-state index contributed by atoms with van der Waals surface area (Å²) in [5.41, 5.74) is 4.98. The number of amides is 2. The summed E-state index contributed by atoms with van der Waals surface area (Å²) in [4.78, 5) is 12.0. The van der Waals surface area contributed by atoms with Crippen molar-refractivity contribution in [2.75, 3.05) is 19.3 Å². The highest BCUT2D eigenvalue weighted by Gasteiger charge is 2.13. The summed E-state index contributed by atoms with van der Waals surface area (Å²) < 4.78 is 18.8. The summed E-state index contributed by atoms with van der Waals surface area (Å²) in [5.74, 6) is 0. The summed E-state index contributed by atoms with van der Waals surface area (Å²) >= 11 is 0. The van der Waals surface area contributed by atoms with E-state index in [1.807, 2.05) is 0 Å². The molecule has 78 valence electrons. The van der Waals surface area contributed by atoms with E-state index >= 15 is 0 Å². The zero-order valence-corrected chi connectivity index (χ0v) is 8.38. The van der Waals surface area contributed by atoms with Crippen LogP contribution in [-0.4, -0.2) is 38.7 Å². The lowest BCUT2D eigenvalue weighted by molar-refractivity contribution is 0.218. The topological polar surface area (TPSA) is 106 Å². The maximum Gasteiger partial charge on any atom is 0.314 e. The number of nitrogens with zero attached hydrogens (tertiary/aromatic N) is 1. The van der Waals surface area contributed by atoms with Crippen LogP contribution in [0, 0.1) is 0 Å². The number of hydrogen-bond acceptors (Lipinski definition) is 3. The molecule has 6 nitrogen and oxygen atoms in total. The summed E-state index contributed by atoms with van der Waals surface area (Å²) in [6.07, 6.45) is 3.17. The predicted molar refractivity (Wildman–Crippen MR) is 49.4 cm³/mol. The lowest BCUT2D eigenvalue weighted by Crippen LogP contribution is -2.32. The lowest BCUT2D eigenvalue weighted by Gasteiger charge is -2.09. The third kappa shape index (κ3) is 9.09. The number of likely N-dealkylation sites (tertiary alicyclic amines) is 1. The van der Waals surface area contributed by atoms with E-state index in [2.05, 4.69) is 5.14 Å².